The molecule has 7 aliphatic rings. The first-order valence-corrected chi connectivity index (χ1v) is 10.5. The van der Waals surface area contributed by atoms with Crippen molar-refractivity contribution in [3.05, 3.63) is 0 Å². The van der Waals surface area contributed by atoms with E-state index < -0.39 is 5.79 Å². The van der Waals surface area contributed by atoms with E-state index in [0.29, 0.717) is 17.3 Å². The molecule has 5 saturated carbocycles. The Bertz CT molecular complexity index is 495. The lowest BCUT2D eigenvalue weighted by molar-refractivity contribution is -0.390. The van der Waals surface area contributed by atoms with Crippen molar-refractivity contribution in [3.63, 3.8) is 0 Å². The molecule has 3 spiro atoms. The Kier molecular flexibility index (Phi) is 4.01. The number of rotatable bonds is 0. The Morgan fingerprint density at radius 1 is 0.680 bits per heavy atom. The zero-order valence-corrected chi connectivity index (χ0v) is 16.0. The van der Waals surface area contributed by atoms with Crippen LogP contribution in [0.25, 0.3) is 0 Å². The molecule has 0 atom stereocenters. The average molecular weight is 370 g/mol. The second-order valence-electron chi connectivity index (χ2n) is 9.96. The summed E-state index contributed by atoms with van der Waals surface area (Å²) in [5.41, 5.74) is 0.545. The molecule has 4 bridgehead atoms. The summed E-state index contributed by atoms with van der Waals surface area (Å²) in [4.78, 5) is 12.2. The lowest BCUT2D eigenvalue weighted by Crippen LogP contribution is -2.59. The van der Waals surface area contributed by atoms with Gasteiger partial charge in [-0.05, 0) is 88.1 Å². The van der Waals surface area contributed by atoms with Gasteiger partial charge in [-0.2, -0.15) is 9.78 Å². The van der Waals surface area contributed by atoms with Crippen LogP contribution in [0.15, 0.2) is 0 Å². The number of piperidine rings is 1. The Morgan fingerprint density at radius 2 is 1.28 bits per heavy atom. The largest absolute Gasteiger partial charge is 0.317 e. The lowest BCUT2D eigenvalue weighted by atomic mass is 9.53. The van der Waals surface area contributed by atoms with Gasteiger partial charge in [-0.15, -0.1) is 12.4 Å². The molecule has 5 aliphatic carbocycles. The molecular formula is C20H32ClNO3. The third-order valence-electron chi connectivity index (χ3n) is 8.68. The molecule has 0 amide bonds. The van der Waals surface area contributed by atoms with Crippen LogP contribution < -0.4 is 5.32 Å². The fraction of sp³-hybridized carbons (Fsp3) is 1.00. The molecule has 0 aromatic heterocycles. The highest BCUT2D eigenvalue weighted by Gasteiger charge is 2.67. The van der Waals surface area contributed by atoms with Crippen molar-refractivity contribution in [1.82, 2.24) is 5.32 Å². The first-order valence-electron chi connectivity index (χ1n) is 10.5. The summed E-state index contributed by atoms with van der Waals surface area (Å²) in [6.07, 6.45) is 13.9. The van der Waals surface area contributed by atoms with E-state index in [1.165, 1.54) is 70.9 Å². The van der Waals surface area contributed by atoms with Crippen molar-refractivity contribution in [2.45, 2.75) is 82.2 Å². The SMILES string of the molecule is C1CC2(CCN1)CCC1(CC2)OOC2(O1)C1CC3CC(C1)CC2C3.Cl. The zero-order valence-electron chi connectivity index (χ0n) is 15.1. The van der Waals surface area contributed by atoms with Crippen molar-refractivity contribution >= 4 is 12.4 Å². The molecule has 142 valence electrons. The van der Waals surface area contributed by atoms with Gasteiger partial charge >= 0.3 is 0 Å². The molecule has 0 radical (unpaired) electrons. The fourth-order valence-corrected chi connectivity index (χ4v) is 7.41. The molecular weight excluding hydrogens is 338 g/mol. The van der Waals surface area contributed by atoms with Crippen LogP contribution in [0, 0.1) is 29.1 Å². The van der Waals surface area contributed by atoms with Crippen molar-refractivity contribution in [2.75, 3.05) is 13.1 Å². The van der Waals surface area contributed by atoms with Crippen LogP contribution in [0.3, 0.4) is 0 Å². The summed E-state index contributed by atoms with van der Waals surface area (Å²) < 4.78 is 6.83. The van der Waals surface area contributed by atoms with E-state index in [1.807, 2.05) is 0 Å². The summed E-state index contributed by atoms with van der Waals surface area (Å²) in [6, 6.07) is 0. The molecule has 4 nitrogen and oxygen atoms in total. The number of halogens is 1. The first kappa shape index (κ1) is 17.2. The number of nitrogens with one attached hydrogen (secondary N) is 1. The molecule has 0 unspecified atom stereocenters. The van der Waals surface area contributed by atoms with Gasteiger partial charge in [0.05, 0.1) is 0 Å². The quantitative estimate of drug-likeness (QED) is 0.650. The molecule has 1 N–H and O–H groups in total. The van der Waals surface area contributed by atoms with Gasteiger partial charge in [0, 0.05) is 24.7 Å². The van der Waals surface area contributed by atoms with E-state index in [4.69, 9.17) is 14.5 Å². The van der Waals surface area contributed by atoms with Gasteiger partial charge in [0.1, 0.15) is 0 Å². The van der Waals surface area contributed by atoms with E-state index in [2.05, 4.69) is 5.32 Å². The molecule has 2 aliphatic heterocycles. The minimum atomic E-state index is -0.425. The zero-order chi connectivity index (χ0) is 15.8. The second kappa shape index (κ2) is 5.81. The topological polar surface area (TPSA) is 39.7 Å². The average Bonchev–Trinajstić information content (AvgIpc) is 2.97. The van der Waals surface area contributed by atoms with Crippen LogP contribution in [-0.2, 0) is 14.5 Å². The van der Waals surface area contributed by atoms with Crippen LogP contribution in [0.2, 0.25) is 0 Å². The highest BCUT2D eigenvalue weighted by Crippen LogP contribution is 2.64. The number of ether oxygens (including phenoxy) is 1. The third kappa shape index (κ3) is 2.47. The second-order valence-corrected chi connectivity index (χ2v) is 9.96. The van der Waals surface area contributed by atoms with E-state index in [1.54, 1.807) is 0 Å². The van der Waals surface area contributed by atoms with Gasteiger partial charge in [-0.3, -0.25) is 0 Å². The molecule has 2 saturated heterocycles. The Morgan fingerprint density at radius 3 is 1.88 bits per heavy atom. The monoisotopic (exact) mass is 369 g/mol. The number of hydrogen-bond acceptors (Lipinski definition) is 4. The van der Waals surface area contributed by atoms with Gasteiger partial charge in [0.2, 0.25) is 11.6 Å². The molecule has 5 heteroatoms. The Balaban J connectivity index is 0.00000140. The summed E-state index contributed by atoms with van der Waals surface area (Å²) in [5.74, 6) is 2.24. The van der Waals surface area contributed by atoms with Gasteiger partial charge in [0.25, 0.3) is 0 Å². The van der Waals surface area contributed by atoms with Crippen LogP contribution >= 0.6 is 12.4 Å². The molecule has 2 heterocycles. The van der Waals surface area contributed by atoms with Crippen LogP contribution in [0.5, 0.6) is 0 Å². The molecule has 0 aromatic rings. The van der Waals surface area contributed by atoms with Gasteiger partial charge in [-0.25, -0.2) is 0 Å². The van der Waals surface area contributed by atoms with Crippen molar-refractivity contribution in [2.24, 2.45) is 29.1 Å². The summed E-state index contributed by atoms with van der Waals surface area (Å²) >= 11 is 0. The minimum absolute atomic E-state index is 0. The standard InChI is InChI=1S/C20H31NO3.ClH/c1-3-19(4-2-18(1)5-7-21-8-6-18)22-20(24-23-19)16-10-14-9-15(12-16)13-17(20)11-14;/h14-17,21H,1-13H2;1H. The van der Waals surface area contributed by atoms with E-state index in [9.17, 15) is 0 Å². The summed E-state index contributed by atoms with van der Waals surface area (Å²) in [5, 5.41) is 3.51. The smallest absolute Gasteiger partial charge is 0.210 e. The maximum atomic E-state index is 6.83. The van der Waals surface area contributed by atoms with E-state index in [0.717, 1.165) is 24.7 Å². The van der Waals surface area contributed by atoms with Crippen LogP contribution in [0.1, 0.15) is 70.6 Å². The van der Waals surface area contributed by atoms with Gasteiger partial charge < -0.3 is 10.1 Å². The number of hydrogen-bond donors (Lipinski definition) is 1. The van der Waals surface area contributed by atoms with E-state index >= 15 is 0 Å². The third-order valence-corrected chi connectivity index (χ3v) is 8.68. The first-order chi connectivity index (χ1) is 11.7. The highest BCUT2D eigenvalue weighted by atomic mass is 35.5. The summed E-state index contributed by atoms with van der Waals surface area (Å²) in [7, 11) is 0. The predicted octanol–water partition coefficient (Wildman–Crippen LogP) is 4.18. The van der Waals surface area contributed by atoms with Crippen molar-refractivity contribution in [1.29, 1.82) is 0 Å². The lowest BCUT2D eigenvalue weighted by Gasteiger charge is -2.57. The van der Waals surface area contributed by atoms with Crippen molar-refractivity contribution < 1.29 is 14.5 Å². The molecule has 0 aromatic carbocycles. The normalized spacial score (nSPS) is 49.0. The fourth-order valence-electron chi connectivity index (χ4n) is 7.41. The Labute approximate surface area is 157 Å². The maximum absolute atomic E-state index is 6.83. The highest BCUT2D eigenvalue weighted by molar-refractivity contribution is 5.85. The predicted molar refractivity (Wildman–Crippen MR) is 96.0 cm³/mol. The molecule has 7 rings (SSSR count). The van der Waals surface area contributed by atoms with Gasteiger partial charge in [0.15, 0.2) is 0 Å². The minimum Gasteiger partial charge on any atom is -0.317 e. The maximum Gasteiger partial charge on any atom is 0.210 e. The van der Waals surface area contributed by atoms with Crippen LogP contribution in [-0.4, -0.2) is 24.7 Å². The molecule has 25 heavy (non-hydrogen) atoms. The summed E-state index contributed by atoms with van der Waals surface area (Å²) in [6.45, 7) is 2.37. The Hall–Kier alpha value is 0.130. The van der Waals surface area contributed by atoms with Crippen LogP contribution in [0.4, 0.5) is 0 Å². The van der Waals surface area contributed by atoms with Crippen molar-refractivity contribution in [3.8, 4) is 0 Å². The molecule has 7 fully saturated rings. The van der Waals surface area contributed by atoms with E-state index in [-0.39, 0.29) is 18.2 Å². The van der Waals surface area contributed by atoms with Gasteiger partial charge in [-0.1, -0.05) is 0 Å².